The van der Waals surface area contributed by atoms with E-state index in [1.807, 2.05) is 31.2 Å². The molecule has 2 atom stereocenters. The van der Waals surface area contributed by atoms with Gasteiger partial charge < -0.3 is 21.3 Å². The lowest BCUT2D eigenvalue weighted by atomic mass is 9.84. The predicted octanol–water partition coefficient (Wildman–Crippen LogP) is 1.92. The molecule has 5 nitrogen and oxygen atoms in total. The Morgan fingerprint density at radius 1 is 1.29 bits per heavy atom. The molecule has 114 valence electrons. The fourth-order valence-electron chi connectivity index (χ4n) is 3.33. The minimum atomic E-state index is -0.109. The lowest BCUT2D eigenvalue weighted by Crippen LogP contribution is -2.57. The molecule has 1 aromatic carbocycles. The first-order valence-corrected chi connectivity index (χ1v) is 7.77. The normalized spacial score (nSPS) is 29.0. The number of nitrogens with zero attached hydrogens (tertiary/aromatic N) is 1. The summed E-state index contributed by atoms with van der Waals surface area (Å²) in [5, 5.41) is 6.03. The van der Waals surface area contributed by atoms with E-state index in [9.17, 15) is 4.79 Å². The van der Waals surface area contributed by atoms with Gasteiger partial charge in [0.1, 0.15) is 0 Å². The highest BCUT2D eigenvalue weighted by Crippen LogP contribution is 2.27. The summed E-state index contributed by atoms with van der Waals surface area (Å²) in [5.41, 5.74) is 7.69. The number of rotatable bonds is 3. The molecule has 3 fully saturated rings. The van der Waals surface area contributed by atoms with Crippen molar-refractivity contribution in [2.45, 2.75) is 31.8 Å². The van der Waals surface area contributed by atoms with Gasteiger partial charge in [-0.1, -0.05) is 12.1 Å². The standard InChI is InChI=1S/C16H24N4O/c1-11(17)12-2-4-14(5-3-12)18-16(21)19-15-10-20-8-6-13(15)7-9-20/h2-5,11,13,15H,6-10,17H2,1H3,(H2,18,19,21). The van der Waals surface area contributed by atoms with Crippen LogP contribution in [-0.4, -0.2) is 36.6 Å². The number of hydrogen-bond donors (Lipinski definition) is 3. The number of nitrogens with one attached hydrogen (secondary N) is 2. The van der Waals surface area contributed by atoms with Crippen LogP contribution in [0.2, 0.25) is 0 Å². The van der Waals surface area contributed by atoms with Crippen molar-refractivity contribution in [2.75, 3.05) is 25.0 Å². The summed E-state index contributed by atoms with van der Waals surface area (Å²) in [4.78, 5) is 14.5. The highest BCUT2D eigenvalue weighted by molar-refractivity contribution is 5.89. The molecule has 3 aliphatic heterocycles. The molecule has 21 heavy (non-hydrogen) atoms. The monoisotopic (exact) mass is 288 g/mol. The van der Waals surface area contributed by atoms with Crippen LogP contribution in [0.25, 0.3) is 0 Å². The van der Waals surface area contributed by atoms with Gasteiger partial charge in [-0.3, -0.25) is 0 Å². The number of urea groups is 1. The average molecular weight is 288 g/mol. The first-order chi connectivity index (χ1) is 10.1. The summed E-state index contributed by atoms with van der Waals surface area (Å²) in [6.45, 7) is 5.30. The Hall–Kier alpha value is -1.59. The van der Waals surface area contributed by atoms with Gasteiger partial charge in [0.2, 0.25) is 0 Å². The number of benzene rings is 1. The first kappa shape index (κ1) is 14.4. The zero-order chi connectivity index (χ0) is 14.8. The van der Waals surface area contributed by atoms with Gasteiger partial charge in [0.15, 0.2) is 0 Å². The van der Waals surface area contributed by atoms with Crippen LogP contribution in [0, 0.1) is 5.92 Å². The maximum Gasteiger partial charge on any atom is 0.319 e. The van der Waals surface area contributed by atoms with E-state index in [4.69, 9.17) is 5.73 Å². The van der Waals surface area contributed by atoms with Crippen LogP contribution < -0.4 is 16.4 Å². The number of hydrogen-bond acceptors (Lipinski definition) is 3. The van der Waals surface area contributed by atoms with E-state index in [1.54, 1.807) is 0 Å². The van der Waals surface area contributed by atoms with Gasteiger partial charge >= 0.3 is 6.03 Å². The molecule has 1 aromatic rings. The molecule has 3 saturated heterocycles. The molecular formula is C16H24N4O. The lowest BCUT2D eigenvalue weighted by Gasteiger charge is -2.44. The zero-order valence-corrected chi connectivity index (χ0v) is 12.5. The number of amides is 2. The molecule has 2 bridgehead atoms. The Labute approximate surface area is 125 Å². The van der Waals surface area contributed by atoms with Gasteiger partial charge in [0, 0.05) is 24.3 Å². The van der Waals surface area contributed by atoms with Crippen LogP contribution in [0.4, 0.5) is 10.5 Å². The van der Waals surface area contributed by atoms with Crippen molar-refractivity contribution in [3.05, 3.63) is 29.8 Å². The van der Waals surface area contributed by atoms with Gasteiger partial charge in [-0.15, -0.1) is 0 Å². The van der Waals surface area contributed by atoms with Crippen LogP contribution in [-0.2, 0) is 0 Å². The topological polar surface area (TPSA) is 70.4 Å². The summed E-state index contributed by atoms with van der Waals surface area (Å²) in [6, 6.07) is 7.89. The zero-order valence-electron chi connectivity index (χ0n) is 12.5. The second-order valence-corrected chi connectivity index (χ2v) is 6.25. The Kier molecular flexibility index (Phi) is 4.12. The molecule has 3 aliphatic rings. The summed E-state index contributed by atoms with van der Waals surface area (Å²) in [7, 11) is 0. The minimum Gasteiger partial charge on any atom is -0.334 e. The number of fused-ring (bicyclic) bond motifs is 3. The van der Waals surface area contributed by atoms with Crippen LogP contribution in [0.3, 0.4) is 0 Å². The lowest BCUT2D eigenvalue weighted by molar-refractivity contribution is 0.0777. The molecule has 2 amide bonds. The summed E-state index contributed by atoms with van der Waals surface area (Å²) >= 11 is 0. The van der Waals surface area contributed by atoms with Crippen LogP contribution in [0.5, 0.6) is 0 Å². The molecule has 5 heteroatoms. The van der Waals surface area contributed by atoms with Crippen molar-refractivity contribution in [3.8, 4) is 0 Å². The van der Waals surface area contributed by atoms with Crippen molar-refractivity contribution in [2.24, 2.45) is 11.7 Å². The smallest absolute Gasteiger partial charge is 0.319 e. The minimum absolute atomic E-state index is 0.0136. The van der Waals surface area contributed by atoms with E-state index in [0.717, 1.165) is 17.8 Å². The maximum atomic E-state index is 12.1. The molecule has 4 rings (SSSR count). The van der Waals surface area contributed by atoms with Gasteiger partial charge in [-0.25, -0.2) is 4.79 Å². The van der Waals surface area contributed by atoms with E-state index in [0.29, 0.717) is 5.92 Å². The van der Waals surface area contributed by atoms with E-state index in [2.05, 4.69) is 15.5 Å². The van der Waals surface area contributed by atoms with E-state index < -0.39 is 0 Å². The highest BCUT2D eigenvalue weighted by atomic mass is 16.2. The quantitative estimate of drug-likeness (QED) is 0.796. The van der Waals surface area contributed by atoms with Gasteiger partial charge in [0.05, 0.1) is 0 Å². The van der Waals surface area contributed by atoms with E-state index in [-0.39, 0.29) is 18.1 Å². The van der Waals surface area contributed by atoms with Crippen molar-refractivity contribution in [3.63, 3.8) is 0 Å². The van der Waals surface area contributed by atoms with Gasteiger partial charge in [0.25, 0.3) is 0 Å². The summed E-state index contributed by atoms with van der Waals surface area (Å²) < 4.78 is 0. The molecule has 4 N–H and O–H groups in total. The van der Waals surface area contributed by atoms with Crippen molar-refractivity contribution in [1.29, 1.82) is 0 Å². The molecule has 0 saturated carbocycles. The fraction of sp³-hybridized carbons (Fsp3) is 0.562. The molecule has 0 spiro atoms. The van der Waals surface area contributed by atoms with E-state index >= 15 is 0 Å². The van der Waals surface area contributed by atoms with Crippen molar-refractivity contribution < 1.29 is 4.79 Å². The Balaban J connectivity index is 1.54. The summed E-state index contributed by atoms with van der Waals surface area (Å²) in [5.74, 6) is 0.640. The fourth-order valence-corrected chi connectivity index (χ4v) is 3.33. The maximum absolute atomic E-state index is 12.1. The van der Waals surface area contributed by atoms with Crippen LogP contribution in [0.15, 0.2) is 24.3 Å². The largest absolute Gasteiger partial charge is 0.334 e. The molecular weight excluding hydrogens is 264 g/mol. The third-order valence-electron chi connectivity index (χ3n) is 4.67. The molecule has 0 aliphatic carbocycles. The number of piperidine rings is 3. The molecule has 3 heterocycles. The van der Waals surface area contributed by atoms with Gasteiger partial charge in [-0.2, -0.15) is 0 Å². The van der Waals surface area contributed by atoms with Crippen molar-refractivity contribution >= 4 is 11.7 Å². The van der Waals surface area contributed by atoms with Crippen LogP contribution >= 0.6 is 0 Å². The number of nitrogens with two attached hydrogens (primary N) is 1. The first-order valence-electron chi connectivity index (χ1n) is 7.77. The number of anilines is 1. The third-order valence-corrected chi connectivity index (χ3v) is 4.67. The highest BCUT2D eigenvalue weighted by Gasteiger charge is 2.34. The molecule has 0 radical (unpaired) electrons. The average Bonchev–Trinajstić information content (AvgIpc) is 2.49. The second-order valence-electron chi connectivity index (χ2n) is 6.25. The number of carbonyl (C=O) groups is 1. The van der Waals surface area contributed by atoms with Gasteiger partial charge in [-0.05, 0) is 56.5 Å². The Morgan fingerprint density at radius 3 is 2.48 bits per heavy atom. The Morgan fingerprint density at radius 2 is 1.95 bits per heavy atom. The predicted molar refractivity (Wildman–Crippen MR) is 84.2 cm³/mol. The van der Waals surface area contributed by atoms with Crippen molar-refractivity contribution in [1.82, 2.24) is 10.2 Å². The number of carbonyl (C=O) groups excluding carboxylic acids is 1. The van der Waals surface area contributed by atoms with E-state index in [1.165, 1.54) is 25.9 Å². The molecule has 0 aromatic heterocycles. The van der Waals surface area contributed by atoms with Crippen LogP contribution in [0.1, 0.15) is 31.4 Å². The SMILES string of the molecule is CC(N)c1ccc(NC(=O)NC2CN3CCC2CC3)cc1. The second kappa shape index (κ2) is 6.03. The Bertz CT molecular complexity index is 492. The summed E-state index contributed by atoms with van der Waals surface area (Å²) in [6.07, 6.45) is 2.40. The molecule has 2 unspecified atom stereocenters. The third kappa shape index (κ3) is 3.36.